The number of hydrogen-bond donors (Lipinski definition) is 1. The molecule has 1 aromatic rings. The van der Waals surface area contributed by atoms with Crippen molar-refractivity contribution in [2.24, 2.45) is 0 Å². The highest BCUT2D eigenvalue weighted by Crippen LogP contribution is 2.23. The van der Waals surface area contributed by atoms with E-state index >= 15 is 0 Å². The topological polar surface area (TPSA) is 89.5 Å². The molecule has 1 fully saturated rings. The summed E-state index contributed by atoms with van der Waals surface area (Å²) in [6.45, 7) is 2.73. The monoisotopic (exact) mass is 337 g/mol. The molecule has 0 bridgehead atoms. The van der Waals surface area contributed by atoms with Crippen LogP contribution in [0.3, 0.4) is 0 Å². The summed E-state index contributed by atoms with van der Waals surface area (Å²) in [6, 6.07) is 3.99. The van der Waals surface area contributed by atoms with Gasteiger partial charge in [0.15, 0.2) is 0 Å². The quantitative estimate of drug-likeness (QED) is 0.834. The second-order valence-corrected chi connectivity index (χ2v) is 8.22. The highest BCUT2D eigenvalue weighted by molar-refractivity contribution is 7.89. The minimum Gasteiger partial charge on any atom is -0.381 e. The average molecular weight is 337 g/mol. The Bertz CT molecular complexity index is 707. The van der Waals surface area contributed by atoms with Crippen molar-refractivity contribution >= 4 is 20.2 Å². The van der Waals surface area contributed by atoms with E-state index in [4.69, 9.17) is 4.74 Å². The molecule has 6 nitrogen and oxygen atoms in total. The fraction of sp³-hybridized carbons (Fsp3) is 0.500. The van der Waals surface area contributed by atoms with Gasteiger partial charge in [-0.05, 0) is 44.0 Å². The van der Waals surface area contributed by atoms with Crippen LogP contribution in [-0.2, 0) is 25.0 Å². The molecule has 1 heterocycles. The van der Waals surface area contributed by atoms with Crippen molar-refractivity contribution in [3.63, 3.8) is 0 Å². The predicted molar refractivity (Wildman–Crippen MR) is 73.5 cm³/mol. The fourth-order valence-corrected chi connectivity index (χ4v) is 4.01. The van der Waals surface area contributed by atoms with Gasteiger partial charge in [-0.1, -0.05) is 0 Å². The number of ether oxygens (including phenoxy) is 1. The van der Waals surface area contributed by atoms with Crippen molar-refractivity contribution in [2.45, 2.75) is 35.1 Å². The van der Waals surface area contributed by atoms with E-state index in [1.54, 1.807) is 6.92 Å². The maximum atomic E-state index is 12.8. The minimum atomic E-state index is -4.84. The summed E-state index contributed by atoms with van der Waals surface area (Å²) >= 11 is 0. The summed E-state index contributed by atoms with van der Waals surface area (Å²) < 4.78 is 66.5. The van der Waals surface area contributed by atoms with E-state index < -0.39 is 30.7 Å². The zero-order valence-electron chi connectivity index (χ0n) is 11.4. The molecule has 0 amide bonds. The molecule has 0 aliphatic carbocycles. The van der Waals surface area contributed by atoms with Crippen molar-refractivity contribution in [1.29, 1.82) is 0 Å². The van der Waals surface area contributed by atoms with Crippen LogP contribution in [0.5, 0.6) is 0 Å². The van der Waals surface area contributed by atoms with Gasteiger partial charge in [0.2, 0.25) is 10.0 Å². The van der Waals surface area contributed by atoms with E-state index in [2.05, 4.69) is 4.72 Å². The SMILES string of the molecule is CC1(NS(=O)(=O)c2ccc(S(=O)(=O)F)cc2)CCOCC1. The third-order valence-corrected chi connectivity index (χ3v) is 5.88. The van der Waals surface area contributed by atoms with Crippen molar-refractivity contribution < 1.29 is 25.5 Å². The largest absolute Gasteiger partial charge is 0.381 e. The Morgan fingerprint density at radius 2 is 1.52 bits per heavy atom. The van der Waals surface area contributed by atoms with Crippen molar-refractivity contribution in [1.82, 2.24) is 4.72 Å². The van der Waals surface area contributed by atoms with Gasteiger partial charge >= 0.3 is 10.2 Å². The van der Waals surface area contributed by atoms with Gasteiger partial charge in [-0.2, -0.15) is 8.42 Å². The highest BCUT2D eigenvalue weighted by atomic mass is 32.3. The van der Waals surface area contributed by atoms with Gasteiger partial charge in [0.1, 0.15) is 0 Å². The first-order chi connectivity index (χ1) is 9.62. The van der Waals surface area contributed by atoms with Crippen molar-refractivity contribution in [2.75, 3.05) is 13.2 Å². The van der Waals surface area contributed by atoms with Crippen molar-refractivity contribution in [3.05, 3.63) is 24.3 Å². The van der Waals surface area contributed by atoms with E-state index in [0.29, 0.717) is 26.1 Å². The van der Waals surface area contributed by atoms with Gasteiger partial charge in [0.25, 0.3) is 0 Å². The lowest BCUT2D eigenvalue weighted by Crippen LogP contribution is -2.49. The van der Waals surface area contributed by atoms with Gasteiger partial charge in [-0.3, -0.25) is 0 Å². The van der Waals surface area contributed by atoms with Crippen molar-refractivity contribution in [3.8, 4) is 0 Å². The highest BCUT2D eigenvalue weighted by Gasteiger charge is 2.32. The van der Waals surface area contributed by atoms with E-state index in [0.717, 1.165) is 24.3 Å². The molecule has 0 atom stereocenters. The third-order valence-electron chi connectivity index (χ3n) is 3.39. The Labute approximate surface area is 123 Å². The standard InChI is InChI=1S/C12H16FNO5S2/c1-12(6-8-19-9-7-12)14-21(17,18)11-4-2-10(3-5-11)20(13,15)16/h2-5,14H,6-9H2,1H3. The number of sulfonamides is 1. The molecule has 1 N–H and O–H groups in total. The lowest BCUT2D eigenvalue weighted by Gasteiger charge is -2.33. The first kappa shape index (κ1) is 16.3. The first-order valence-corrected chi connectivity index (χ1v) is 9.16. The van der Waals surface area contributed by atoms with Gasteiger partial charge in [0, 0.05) is 18.8 Å². The molecule has 1 aliphatic heterocycles. The maximum Gasteiger partial charge on any atom is 0.332 e. The van der Waals surface area contributed by atoms with Crippen LogP contribution in [0.1, 0.15) is 19.8 Å². The first-order valence-electron chi connectivity index (χ1n) is 6.29. The van der Waals surface area contributed by atoms with E-state index in [1.165, 1.54) is 0 Å². The molecule has 0 aromatic heterocycles. The normalized spacial score (nSPS) is 19.3. The van der Waals surface area contributed by atoms with Gasteiger partial charge < -0.3 is 4.74 Å². The lowest BCUT2D eigenvalue weighted by atomic mass is 9.94. The van der Waals surface area contributed by atoms with Gasteiger partial charge in [0.05, 0.1) is 9.79 Å². The molecule has 1 aromatic carbocycles. The Morgan fingerprint density at radius 3 is 2.00 bits per heavy atom. The van der Waals surface area contributed by atoms with Crippen LogP contribution >= 0.6 is 0 Å². The van der Waals surface area contributed by atoms with Crippen LogP contribution < -0.4 is 4.72 Å². The minimum absolute atomic E-state index is 0.109. The number of halogens is 1. The smallest absolute Gasteiger partial charge is 0.332 e. The van der Waals surface area contributed by atoms with E-state index in [9.17, 15) is 20.7 Å². The Kier molecular flexibility index (Phi) is 4.39. The summed E-state index contributed by atoms with van der Waals surface area (Å²) in [5.74, 6) is 0. The number of benzene rings is 1. The maximum absolute atomic E-state index is 12.8. The fourth-order valence-electron chi connectivity index (χ4n) is 2.09. The average Bonchev–Trinajstić information content (AvgIpc) is 2.37. The molecular weight excluding hydrogens is 321 g/mol. The summed E-state index contributed by atoms with van der Waals surface area (Å²) in [4.78, 5) is -0.679. The van der Waals surface area contributed by atoms with Crippen LogP contribution in [0.2, 0.25) is 0 Å². The molecule has 21 heavy (non-hydrogen) atoms. The van der Waals surface area contributed by atoms with Crippen LogP contribution in [0.4, 0.5) is 3.89 Å². The Morgan fingerprint density at radius 1 is 1.05 bits per heavy atom. The summed E-state index contributed by atoms with van der Waals surface area (Å²) in [5.41, 5.74) is -0.609. The summed E-state index contributed by atoms with van der Waals surface area (Å²) in [5, 5.41) is 0. The zero-order chi connectivity index (χ0) is 15.7. The van der Waals surface area contributed by atoms with Crippen LogP contribution in [0.15, 0.2) is 34.1 Å². The number of nitrogens with one attached hydrogen (secondary N) is 1. The molecule has 0 spiro atoms. The van der Waals surface area contributed by atoms with Gasteiger partial charge in [-0.25, -0.2) is 13.1 Å². The van der Waals surface area contributed by atoms with Crippen LogP contribution in [0, 0.1) is 0 Å². The molecule has 9 heteroatoms. The molecule has 1 aliphatic rings. The van der Waals surface area contributed by atoms with Crippen LogP contribution in [-0.4, -0.2) is 35.6 Å². The second kappa shape index (κ2) is 5.64. The Hall–Kier alpha value is -1.03. The lowest BCUT2D eigenvalue weighted by molar-refractivity contribution is 0.0537. The molecule has 2 rings (SSSR count). The molecule has 0 saturated carbocycles. The molecule has 1 saturated heterocycles. The third kappa shape index (κ3) is 4.00. The Balaban J connectivity index is 2.23. The summed E-state index contributed by atoms with van der Waals surface area (Å²) in [6.07, 6.45) is 1.09. The number of hydrogen-bond acceptors (Lipinski definition) is 5. The van der Waals surface area contributed by atoms with Gasteiger partial charge in [-0.15, -0.1) is 3.89 Å². The van der Waals surface area contributed by atoms with E-state index in [-0.39, 0.29) is 4.90 Å². The predicted octanol–water partition coefficient (Wildman–Crippen LogP) is 1.19. The van der Waals surface area contributed by atoms with Crippen LogP contribution in [0.25, 0.3) is 0 Å². The number of rotatable bonds is 4. The summed E-state index contributed by atoms with van der Waals surface area (Å²) in [7, 11) is -8.64. The molecule has 0 radical (unpaired) electrons. The molecular formula is C12H16FNO5S2. The van der Waals surface area contributed by atoms with E-state index in [1.807, 2.05) is 0 Å². The molecule has 0 unspecified atom stereocenters. The zero-order valence-corrected chi connectivity index (χ0v) is 13.0. The second-order valence-electron chi connectivity index (χ2n) is 5.19. The molecule has 118 valence electrons.